The zero-order chi connectivity index (χ0) is 14.4. The standard InChI is InChI=1S/C16H17BrO3/c1-18-14-8-6-12(7-9-14)11-20-16-13(10-17)4-3-5-15(16)19-2/h3-9H,10-11H2,1-2H3. The van der Waals surface area contributed by atoms with Crippen molar-refractivity contribution in [1.82, 2.24) is 0 Å². The lowest BCUT2D eigenvalue weighted by molar-refractivity contribution is 0.282. The third-order valence-corrected chi connectivity index (χ3v) is 3.57. The van der Waals surface area contributed by atoms with Crippen molar-refractivity contribution in [2.45, 2.75) is 11.9 Å². The smallest absolute Gasteiger partial charge is 0.165 e. The molecule has 0 unspecified atom stereocenters. The second-order valence-corrected chi connectivity index (χ2v) is 4.78. The van der Waals surface area contributed by atoms with Crippen molar-refractivity contribution in [3.63, 3.8) is 0 Å². The second-order valence-electron chi connectivity index (χ2n) is 4.22. The maximum absolute atomic E-state index is 5.91. The van der Waals surface area contributed by atoms with E-state index < -0.39 is 0 Å². The van der Waals surface area contributed by atoms with Crippen LogP contribution in [0, 0.1) is 0 Å². The highest BCUT2D eigenvalue weighted by Crippen LogP contribution is 2.33. The molecule has 106 valence electrons. The van der Waals surface area contributed by atoms with Gasteiger partial charge in [-0.3, -0.25) is 0 Å². The van der Waals surface area contributed by atoms with Crippen molar-refractivity contribution in [3.8, 4) is 17.2 Å². The van der Waals surface area contributed by atoms with Crippen LogP contribution in [-0.2, 0) is 11.9 Å². The summed E-state index contributed by atoms with van der Waals surface area (Å²) < 4.78 is 16.4. The van der Waals surface area contributed by atoms with Crippen LogP contribution in [0.5, 0.6) is 17.2 Å². The molecule has 0 saturated heterocycles. The molecule has 0 heterocycles. The molecule has 2 rings (SSSR count). The van der Waals surface area contributed by atoms with E-state index in [2.05, 4.69) is 15.9 Å². The van der Waals surface area contributed by atoms with Crippen LogP contribution in [0.4, 0.5) is 0 Å². The van der Waals surface area contributed by atoms with E-state index in [4.69, 9.17) is 14.2 Å². The minimum absolute atomic E-state index is 0.490. The van der Waals surface area contributed by atoms with Gasteiger partial charge in [-0.25, -0.2) is 0 Å². The van der Waals surface area contributed by atoms with Gasteiger partial charge in [0, 0.05) is 10.9 Å². The highest BCUT2D eigenvalue weighted by Gasteiger charge is 2.09. The molecule has 0 bridgehead atoms. The Balaban J connectivity index is 2.13. The number of benzene rings is 2. The first-order valence-corrected chi connectivity index (χ1v) is 7.38. The fourth-order valence-electron chi connectivity index (χ4n) is 1.87. The number of methoxy groups -OCH3 is 2. The SMILES string of the molecule is COc1ccc(COc2c(CBr)cccc2OC)cc1. The molecule has 0 radical (unpaired) electrons. The van der Waals surface area contributed by atoms with Crippen molar-refractivity contribution in [1.29, 1.82) is 0 Å². The van der Waals surface area contributed by atoms with E-state index in [1.807, 2.05) is 42.5 Å². The predicted molar refractivity (Wildman–Crippen MR) is 83.0 cm³/mol. The summed E-state index contributed by atoms with van der Waals surface area (Å²) in [6.45, 7) is 0.490. The predicted octanol–water partition coefficient (Wildman–Crippen LogP) is 4.18. The topological polar surface area (TPSA) is 27.7 Å². The van der Waals surface area contributed by atoms with Gasteiger partial charge in [0.1, 0.15) is 12.4 Å². The number of rotatable bonds is 6. The fourth-order valence-corrected chi connectivity index (χ4v) is 2.31. The molecule has 0 aliphatic heterocycles. The highest BCUT2D eigenvalue weighted by molar-refractivity contribution is 9.08. The quantitative estimate of drug-likeness (QED) is 0.740. The summed E-state index contributed by atoms with van der Waals surface area (Å²) in [5.41, 5.74) is 2.15. The first-order chi connectivity index (χ1) is 9.78. The van der Waals surface area contributed by atoms with Crippen LogP contribution in [0.3, 0.4) is 0 Å². The minimum Gasteiger partial charge on any atom is -0.497 e. The van der Waals surface area contributed by atoms with Gasteiger partial charge in [0.25, 0.3) is 0 Å². The van der Waals surface area contributed by atoms with E-state index in [-0.39, 0.29) is 0 Å². The minimum atomic E-state index is 0.490. The molecule has 20 heavy (non-hydrogen) atoms. The third kappa shape index (κ3) is 3.45. The van der Waals surface area contributed by atoms with E-state index in [1.54, 1.807) is 14.2 Å². The van der Waals surface area contributed by atoms with Gasteiger partial charge in [0.2, 0.25) is 0 Å². The Morgan fingerprint density at radius 3 is 2.30 bits per heavy atom. The lowest BCUT2D eigenvalue weighted by Crippen LogP contribution is -2.00. The van der Waals surface area contributed by atoms with Crippen LogP contribution in [0.1, 0.15) is 11.1 Å². The molecule has 0 amide bonds. The first-order valence-electron chi connectivity index (χ1n) is 6.26. The molecule has 0 fully saturated rings. The zero-order valence-corrected chi connectivity index (χ0v) is 13.1. The van der Waals surface area contributed by atoms with Crippen molar-refractivity contribution in [3.05, 3.63) is 53.6 Å². The summed E-state index contributed by atoms with van der Waals surface area (Å²) in [6.07, 6.45) is 0. The molecule has 2 aromatic carbocycles. The maximum atomic E-state index is 5.91. The average molecular weight is 337 g/mol. The van der Waals surface area contributed by atoms with Crippen LogP contribution in [0.25, 0.3) is 0 Å². The number of hydrogen-bond donors (Lipinski definition) is 0. The highest BCUT2D eigenvalue weighted by atomic mass is 79.9. The van der Waals surface area contributed by atoms with Crippen LogP contribution in [-0.4, -0.2) is 14.2 Å². The van der Waals surface area contributed by atoms with Crippen molar-refractivity contribution in [2.24, 2.45) is 0 Å². The van der Waals surface area contributed by atoms with E-state index in [1.165, 1.54) is 0 Å². The summed E-state index contributed by atoms with van der Waals surface area (Å²) in [6, 6.07) is 13.7. The lowest BCUT2D eigenvalue weighted by atomic mass is 10.2. The molecule has 0 N–H and O–H groups in total. The summed E-state index contributed by atoms with van der Waals surface area (Å²) in [7, 11) is 3.30. The van der Waals surface area contributed by atoms with Gasteiger partial charge >= 0.3 is 0 Å². The Labute approximate surface area is 127 Å². The molecule has 0 atom stereocenters. The summed E-state index contributed by atoms with van der Waals surface area (Å²) in [5.74, 6) is 2.37. The van der Waals surface area contributed by atoms with Crippen LogP contribution in [0.15, 0.2) is 42.5 Å². The molecular weight excluding hydrogens is 320 g/mol. The van der Waals surface area contributed by atoms with Gasteiger partial charge in [0.05, 0.1) is 14.2 Å². The zero-order valence-electron chi connectivity index (χ0n) is 11.6. The summed E-state index contributed by atoms with van der Waals surface area (Å²) in [4.78, 5) is 0. The Kier molecular flexibility index (Phi) is 5.30. The second kappa shape index (κ2) is 7.20. The van der Waals surface area contributed by atoms with Gasteiger partial charge in [-0.05, 0) is 23.8 Å². The first kappa shape index (κ1) is 14.7. The number of hydrogen-bond acceptors (Lipinski definition) is 3. The summed E-state index contributed by atoms with van der Waals surface area (Å²) >= 11 is 3.46. The van der Waals surface area contributed by atoms with Gasteiger partial charge in [0.15, 0.2) is 11.5 Å². The fraction of sp³-hybridized carbons (Fsp3) is 0.250. The molecule has 0 aliphatic rings. The number of ether oxygens (including phenoxy) is 3. The van der Waals surface area contributed by atoms with E-state index in [0.717, 1.165) is 33.7 Å². The molecule has 0 aliphatic carbocycles. The number of alkyl halides is 1. The Hall–Kier alpha value is -1.68. The van der Waals surface area contributed by atoms with E-state index in [9.17, 15) is 0 Å². The molecule has 2 aromatic rings. The molecule has 0 spiro atoms. The van der Waals surface area contributed by atoms with Crippen LogP contribution < -0.4 is 14.2 Å². The molecule has 0 saturated carbocycles. The maximum Gasteiger partial charge on any atom is 0.165 e. The van der Waals surface area contributed by atoms with E-state index in [0.29, 0.717) is 6.61 Å². The Morgan fingerprint density at radius 2 is 1.70 bits per heavy atom. The third-order valence-electron chi connectivity index (χ3n) is 2.97. The lowest BCUT2D eigenvalue weighted by Gasteiger charge is -2.14. The summed E-state index contributed by atoms with van der Waals surface area (Å²) in [5, 5.41) is 0.724. The largest absolute Gasteiger partial charge is 0.497 e. The van der Waals surface area contributed by atoms with Crippen molar-refractivity contribution < 1.29 is 14.2 Å². The molecule has 0 aromatic heterocycles. The molecular formula is C16H17BrO3. The Bertz CT molecular complexity index is 530. The van der Waals surface area contributed by atoms with Crippen LogP contribution >= 0.6 is 15.9 Å². The monoisotopic (exact) mass is 336 g/mol. The van der Waals surface area contributed by atoms with Gasteiger partial charge in [-0.2, -0.15) is 0 Å². The van der Waals surface area contributed by atoms with E-state index >= 15 is 0 Å². The Morgan fingerprint density at radius 1 is 0.950 bits per heavy atom. The van der Waals surface area contributed by atoms with Gasteiger partial charge in [-0.1, -0.05) is 40.2 Å². The average Bonchev–Trinajstić information content (AvgIpc) is 2.52. The van der Waals surface area contributed by atoms with Gasteiger partial charge < -0.3 is 14.2 Å². The van der Waals surface area contributed by atoms with Crippen LogP contribution in [0.2, 0.25) is 0 Å². The van der Waals surface area contributed by atoms with Crippen molar-refractivity contribution in [2.75, 3.05) is 14.2 Å². The van der Waals surface area contributed by atoms with Gasteiger partial charge in [-0.15, -0.1) is 0 Å². The van der Waals surface area contributed by atoms with Crippen molar-refractivity contribution >= 4 is 15.9 Å². The number of para-hydroxylation sites is 1. The number of halogens is 1. The molecule has 4 heteroatoms. The molecule has 3 nitrogen and oxygen atoms in total. The normalized spacial score (nSPS) is 10.2.